The molecule has 0 unspecified atom stereocenters. The fraction of sp³-hybridized carbons (Fsp3) is 0.238. The number of aryl methyl sites for hydroxylation is 1. The topological polar surface area (TPSA) is 47.3 Å². The lowest BCUT2D eigenvalue weighted by Crippen LogP contribution is -2.47. The van der Waals surface area contributed by atoms with Crippen LogP contribution in [0.1, 0.15) is 23.5 Å². The van der Waals surface area contributed by atoms with E-state index in [-0.39, 0.29) is 24.1 Å². The van der Waals surface area contributed by atoms with Gasteiger partial charge in [0.25, 0.3) is 0 Å². The largest absolute Gasteiger partial charge is 0.344 e. The number of amides is 1. The van der Waals surface area contributed by atoms with Crippen LogP contribution in [0.4, 0.5) is 10.1 Å². The van der Waals surface area contributed by atoms with E-state index < -0.39 is 0 Å². The van der Waals surface area contributed by atoms with E-state index in [4.69, 9.17) is 0 Å². The fourth-order valence-corrected chi connectivity index (χ4v) is 4.79. The molecule has 4 nitrogen and oxygen atoms in total. The Bertz CT molecular complexity index is 964. The van der Waals surface area contributed by atoms with Gasteiger partial charge in [-0.15, -0.1) is 0 Å². The Balaban J connectivity index is 1.68. The van der Waals surface area contributed by atoms with E-state index in [0.717, 1.165) is 21.8 Å². The Labute approximate surface area is 161 Å². The lowest BCUT2D eigenvalue weighted by atomic mass is 9.84. The maximum absolute atomic E-state index is 13.2. The molecule has 0 aliphatic carbocycles. The Morgan fingerprint density at radius 3 is 2.63 bits per heavy atom. The summed E-state index contributed by atoms with van der Waals surface area (Å²) in [6.45, 7) is 2.38. The van der Waals surface area contributed by atoms with Crippen LogP contribution in [0.3, 0.4) is 0 Å². The standard InChI is InChI=1S/C21H18FN3OS/c1-14-4-2-3-5-17(14)18-10-20(26)25-12-24(13-27-21(25)19(18)11-23)16-8-6-15(22)7-9-16/h2-9,18H,10,12-13H2,1H3/t18-/m1/s1. The lowest BCUT2D eigenvalue weighted by Gasteiger charge is -2.42. The van der Waals surface area contributed by atoms with Crippen LogP contribution in [0.5, 0.6) is 0 Å². The van der Waals surface area contributed by atoms with Gasteiger partial charge in [-0.25, -0.2) is 4.39 Å². The number of halogens is 1. The summed E-state index contributed by atoms with van der Waals surface area (Å²) in [6.07, 6.45) is 0.287. The Morgan fingerprint density at radius 2 is 1.93 bits per heavy atom. The van der Waals surface area contributed by atoms with Gasteiger partial charge in [0.1, 0.15) is 5.82 Å². The van der Waals surface area contributed by atoms with Gasteiger partial charge in [-0.1, -0.05) is 36.0 Å². The summed E-state index contributed by atoms with van der Waals surface area (Å²) in [7, 11) is 0. The summed E-state index contributed by atoms with van der Waals surface area (Å²) in [4.78, 5) is 16.6. The van der Waals surface area contributed by atoms with Crippen LogP contribution >= 0.6 is 11.8 Å². The molecule has 2 aromatic carbocycles. The second-order valence-corrected chi connectivity index (χ2v) is 7.63. The quantitative estimate of drug-likeness (QED) is 0.778. The molecular weight excluding hydrogens is 361 g/mol. The number of nitrogens with zero attached hydrogens (tertiary/aromatic N) is 3. The van der Waals surface area contributed by atoms with Crippen molar-refractivity contribution in [3.05, 3.63) is 76.1 Å². The van der Waals surface area contributed by atoms with Crippen molar-refractivity contribution in [1.29, 1.82) is 5.26 Å². The molecular formula is C21H18FN3OS. The van der Waals surface area contributed by atoms with E-state index in [0.29, 0.717) is 18.1 Å². The van der Waals surface area contributed by atoms with Crippen molar-refractivity contribution in [3.63, 3.8) is 0 Å². The zero-order chi connectivity index (χ0) is 19.0. The summed E-state index contributed by atoms with van der Waals surface area (Å²) >= 11 is 1.49. The van der Waals surface area contributed by atoms with Crippen LogP contribution in [-0.2, 0) is 4.79 Å². The maximum atomic E-state index is 13.2. The zero-order valence-corrected chi connectivity index (χ0v) is 15.7. The fourth-order valence-electron chi connectivity index (χ4n) is 3.62. The molecule has 0 aromatic heterocycles. The number of carbonyl (C=O) groups excluding carboxylic acids is 1. The van der Waals surface area contributed by atoms with Crippen LogP contribution in [0, 0.1) is 24.1 Å². The molecule has 0 N–H and O–H groups in total. The van der Waals surface area contributed by atoms with Crippen LogP contribution in [0.15, 0.2) is 59.1 Å². The average Bonchev–Trinajstić information content (AvgIpc) is 2.69. The molecule has 0 radical (unpaired) electrons. The van der Waals surface area contributed by atoms with Gasteiger partial charge in [0.05, 0.1) is 29.2 Å². The van der Waals surface area contributed by atoms with E-state index in [9.17, 15) is 14.4 Å². The number of hydrogen-bond acceptors (Lipinski definition) is 4. The molecule has 2 aliphatic rings. The number of carbonyl (C=O) groups is 1. The molecule has 2 heterocycles. The highest BCUT2D eigenvalue weighted by atomic mass is 32.2. The molecule has 1 amide bonds. The summed E-state index contributed by atoms with van der Waals surface area (Å²) in [6, 6.07) is 16.5. The third kappa shape index (κ3) is 3.19. The molecule has 6 heteroatoms. The van der Waals surface area contributed by atoms with Crippen molar-refractivity contribution in [2.75, 3.05) is 17.4 Å². The molecule has 0 bridgehead atoms. The van der Waals surface area contributed by atoms with Gasteiger partial charge in [-0.3, -0.25) is 9.69 Å². The minimum Gasteiger partial charge on any atom is -0.344 e. The highest BCUT2D eigenvalue weighted by Gasteiger charge is 2.38. The van der Waals surface area contributed by atoms with Crippen molar-refractivity contribution in [3.8, 4) is 6.07 Å². The molecule has 1 fully saturated rings. The van der Waals surface area contributed by atoms with Crippen LogP contribution in [-0.4, -0.2) is 23.4 Å². The van der Waals surface area contributed by atoms with E-state index in [1.54, 1.807) is 17.0 Å². The van der Waals surface area contributed by atoms with Gasteiger partial charge in [-0.05, 0) is 42.3 Å². The Hall–Kier alpha value is -2.78. The SMILES string of the molecule is Cc1ccccc1[C@H]1CC(=O)N2CN(c3ccc(F)cc3)CSC2=C1C#N. The second kappa shape index (κ2) is 7.09. The molecule has 136 valence electrons. The first-order chi connectivity index (χ1) is 13.1. The van der Waals surface area contributed by atoms with E-state index in [2.05, 4.69) is 6.07 Å². The number of hydrogen-bond donors (Lipinski definition) is 0. The zero-order valence-electron chi connectivity index (χ0n) is 14.9. The smallest absolute Gasteiger partial charge is 0.229 e. The maximum Gasteiger partial charge on any atom is 0.229 e. The number of anilines is 1. The minimum absolute atomic E-state index is 0.0107. The first-order valence-electron chi connectivity index (χ1n) is 8.72. The third-order valence-corrected chi connectivity index (χ3v) is 6.20. The number of rotatable bonds is 2. The molecule has 0 saturated carbocycles. The molecule has 1 atom stereocenters. The molecule has 1 saturated heterocycles. The van der Waals surface area contributed by atoms with Crippen LogP contribution in [0.25, 0.3) is 0 Å². The third-order valence-electron chi connectivity index (χ3n) is 5.05. The van der Waals surface area contributed by atoms with Crippen molar-refractivity contribution in [2.24, 2.45) is 0 Å². The van der Waals surface area contributed by atoms with Crippen LogP contribution in [0.2, 0.25) is 0 Å². The van der Waals surface area contributed by atoms with Gasteiger partial charge < -0.3 is 4.90 Å². The number of benzene rings is 2. The van der Waals surface area contributed by atoms with Crippen molar-refractivity contribution >= 4 is 23.4 Å². The van der Waals surface area contributed by atoms with Gasteiger partial charge in [0, 0.05) is 18.0 Å². The number of nitriles is 1. The molecule has 4 rings (SSSR count). The van der Waals surface area contributed by atoms with Gasteiger partial charge in [0.2, 0.25) is 5.91 Å². The van der Waals surface area contributed by atoms with Crippen LogP contribution < -0.4 is 4.90 Å². The summed E-state index contributed by atoms with van der Waals surface area (Å²) in [5.74, 6) is 0.137. The Morgan fingerprint density at radius 1 is 1.19 bits per heavy atom. The highest BCUT2D eigenvalue weighted by molar-refractivity contribution is 8.03. The monoisotopic (exact) mass is 379 g/mol. The highest BCUT2D eigenvalue weighted by Crippen LogP contribution is 2.43. The predicted octanol–water partition coefficient (Wildman–Crippen LogP) is 4.35. The molecule has 0 spiro atoms. The van der Waals surface area contributed by atoms with E-state index in [1.165, 1.54) is 23.9 Å². The first-order valence-corrected chi connectivity index (χ1v) is 9.70. The molecule has 2 aromatic rings. The first kappa shape index (κ1) is 17.6. The number of thioether (sulfide) groups is 1. The second-order valence-electron chi connectivity index (χ2n) is 6.70. The van der Waals surface area contributed by atoms with Gasteiger partial charge in [0.15, 0.2) is 0 Å². The molecule has 2 aliphatic heterocycles. The number of fused-ring (bicyclic) bond motifs is 1. The Kier molecular flexibility index (Phi) is 4.63. The van der Waals surface area contributed by atoms with Crippen molar-refractivity contribution in [2.45, 2.75) is 19.3 Å². The van der Waals surface area contributed by atoms with Gasteiger partial charge in [-0.2, -0.15) is 5.26 Å². The average molecular weight is 379 g/mol. The van der Waals surface area contributed by atoms with Crippen molar-refractivity contribution < 1.29 is 9.18 Å². The normalized spacial score (nSPS) is 19.7. The summed E-state index contributed by atoms with van der Waals surface area (Å²) in [5, 5.41) is 10.6. The molecule has 27 heavy (non-hydrogen) atoms. The van der Waals surface area contributed by atoms with E-state index in [1.807, 2.05) is 36.1 Å². The predicted molar refractivity (Wildman–Crippen MR) is 104 cm³/mol. The minimum atomic E-state index is -0.286. The summed E-state index contributed by atoms with van der Waals surface area (Å²) in [5.41, 5.74) is 3.64. The lowest BCUT2D eigenvalue weighted by molar-refractivity contribution is -0.129. The van der Waals surface area contributed by atoms with E-state index >= 15 is 0 Å². The van der Waals surface area contributed by atoms with Gasteiger partial charge >= 0.3 is 0 Å². The number of allylic oxidation sites excluding steroid dienone is 1. The van der Waals surface area contributed by atoms with Crippen molar-refractivity contribution in [1.82, 2.24) is 4.90 Å². The summed E-state index contributed by atoms with van der Waals surface area (Å²) < 4.78 is 13.2.